The summed E-state index contributed by atoms with van der Waals surface area (Å²) in [4.78, 5) is 12.1. The molecule has 0 aliphatic heterocycles. The summed E-state index contributed by atoms with van der Waals surface area (Å²) in [5, 5.41) is 5.67. The van der Waals surface area contributed by atoms with Gasteiger partial charge in [0, 0.05) is 6.04 Å². The highest BCUT2D eigenvalue weighted by Crippen LogP contribution is 2.65. The fourth-order valence-corrected chi connectivity index (χ4v) is 4.24. The molecule has 0 aromatic carbocycles. The number of hydrogen-bond acceptors (Lipinski definition) is 2. The lowest BCUT2D eigenvalue weighted by Gasteiger charge is -2.39. The predicted molar refractivity (Wildman–Crippen MR) is 81.0 cm³/mol. The van der Waals surface area contributed by atoms with E-state index in [1.165, 1.54) is 6.42 Å². The molecule has 2 amide bonds. The van der Waals surface area contributed by atoms with Crippen LogP contribution in [0.2, 0.25) is 0 Å². The van der Waals surface area contributed by atoms with Crippen molar-refractivity contribution < 1.29 is 22.7 Å². The van der Waals surface area contributed by atoms with Crippen LogP contribution in [0.4, 0.5) is 18.0 Å². The molecule has 0 heterocycles. The van der Waals surface area contributed by atoms with Crippen molar-refractivity contribution >= 4 is 6.03 Å². The number of rotatable bonds is 5. The molecule has 2 bridgehead atoms. The Morgan fingerprint density at radius 2 is 2.00 bits per heavy atom. The van der Waals surface area contributed by atoms with Gasteiger partial charge in [0.1, 0.15) is 6.61 Å². The molecule has 134 valence electrons. The van der Waals surface area contributed by atoms with Gasteiger partial charge in [-0.05, 0) is 42.9 Å². The summed E-state index contributed by atoms with van der Waals surface area (Å²) < 4.78 is 40.6. The number of urea groups is 1. The smallest absolute Gasteiger partial charge is 0.370 e. The molecule has 2 saturated carbocycles. The molecule has 2 aliphatic rings. The molecule has 2 rings (SSSR count). The van der Waals surface area contributed by atoms with Gasteiger partial charge >= 0.3 is 12.2 Å². The lowest BCUT2D eigenvalue weighted by Crippen LogP contribution is -2.52. The number of carbonyl (C=O) groups excluding carboxylic acids is 1. The minimum atomic E-state index is -4.34. The second-order valence-corrected chi connectivity index (χ2v) is 7.81. The van der Waals surface area contributed by atoms with E-state index in [-0.39, 0.29) is 29.5 Å². The molecule has 2 N–H and O–H groups in total. The first-order valence-electron chi connectivity index (χ1n) is 8.17. The Hall–Kier alpha value is -0.980. The van der Waals surface area contributed by atoms with Crippen molar-refractivity contribution in [3.63, 3.8) is 0 Å². The van der Waals surface area contributed by atoms with E-state index in [1.54, 1.807) is 6.92 Å². The van der Waals surface area contributed by atoms with E-state index in [2.05, 4.69) is 36.1 Å². The fourth-order valence-electron chi connectivity index (χ4n) is 4.24. The summed E-state index contributed by atoms with van der Waals surface area (Å²) in [6, 6.07) is -0.695. The van der Waals surface area contributed by atoms with Gasteiger partial charge in [-0.15, -0.1) is 0 Å². The Kier molecular flexibility index (Phi) is 4.91. The van der Waals surface area contributed by atoms with E-state index < -0.39 is 18.8 Å². The highest BCUT2D eigenvalue weighted by atomic mass is 19.4. The average molecular weight is 336 g/mol. The van der Waals surface area contributed by atoms with E-state index in [9.17, 15) is 18.0 Å². The second-order valence-electron chi connectivity index (χ2n) is 7.81. The van der Waals surface area contributed by atoms with Gasteiger partial charge < -0.3 is 15.4 Å². The molecular weight excluding hydrogens is 309 g/mol. The summed E-state index contributed by atoms with van der Waals surface area (Å²) in [6.07, 6.45) is -1.08. The van der Waals surface area contributed by atoms with Gasteiger partial charge in [0.15, 0.2) is 0 Å². The van der Waals surface area contributed by atoms with Gasteiger partial charge in [-0.2, -0.15) is 13.2 Å². The summed E-state index contributed by atoms with van der Waals surface area (Å²) in [7, 11) is 0. The van der Waals surface area contributed by atoms with Gasteiger partial charge in [-0.3, -0.25) is 0 Å². The number of amides is 2. The molecule has 2 aliphatic carbocycles. The normalized spacial score (nSPS) is 33.5. The fraction of sp³-hybridized carbons (Fsp3) is 0.938. The molecule has 4 atom stereocenters. The molecule has 0 aromatic heterocycles. The maximum Gasteiger partial charge on any atom is 0.411 e. The van der Waals surface area contributed by atoms with E-state index in [1.807, 2.05) is 0 Å². The molecule has 0 radical (unpaired) electrons. The van der Waals surface area contributed by atoms with E-state index in [0.717, 1.165) is 12.8 Å². The number of halogens is 3. The minimum absolute atomic E-state index is 0.0744. The van der Waals surface area contributed by atoms with Crippen LogP contribution >= 0.6 is 0 Å². The van der Waals surface area contributed by atoms with Crippen LogP contribution < -0.4 is 10.6 Å². The second kappa shape index (κ2) is 6.15. The third kappa shape index (κ3) is 3.75. The first kappa shape index (κ1) is 18.4. The van der Waals surface area contributed by atoms with Crippen LogP contribution in [-0.2, 0) is 4.74 Å². The monoisotopic (exact) mass is 336 g/mol. The van der Waals surface area contributed by atoms with Gasteiger partial charge in [-0.1, -0.05) is 20.8 Å². The highest BCUT2D eigenvalue weighted by molar-refractivity contribution is 5.74. The van der Waals surface area contributed by atoms with E-state index >= 15 is 0 Å². The van der Waals surface area contributed by atoms with Crippen molar-refractivity contribution in [2.75, 3.05) is 13.2 Å². The summed E-state index contributed by atoms with van der Waals surface area (Å²) >= 11 is 0. The average Bonchev–Trinajstić information content (AvgIpc) is 2.70. The van der Waals surface area contributed by atoms with Crippen molar-refractivity contribution in [3.05, 3.63) is 0 Å². The van der Waals surface area contributed by atoms with Crippen molar-refractivity contribution in [1.29, 1.82) is 0 Å². The van der Waals surface area contributed by atoms with Crippen LogP contribution in [0.15, 0.2) is 0 Å². The molecule has 0 saturated heterocycles. The van der Waals surface area contributed by atoms with Crippen molar-refractivity contribution in [2.24, 2.45) is 16.7 Å². The van der Waals surface area contributed by atoms with Crippen molar-refractivity contribution in [1.82, 2.24) is 10.6 Å². The Labute approximate surface area is 135 Å². The van der Waals surface area contributed by atoms with Crippen LogP contribution in [0.3, 0.4) is 0 Å². The number of nitrogens with one attached hydrogen (secondary N) is 2. The Morgan fingerprint density at radius 1 is 1.35 bits per heavy atom. The lowest BCUT2D eigenvalue weighted by atomic mass is 9.69. The van der Waals surface area contributed by atoms with Crippen LogP contribution in [-0.4, -0.2) is 37.5 Å². The largest absolute Gasteiger partial charge is 0.411 e. The summed E-state index contributed by atoms with van der Waals surface area (Å²) in [5.41, 5.74) is 0.275. The van der Waals surface area contributed by atoms with Crippen molar-refractivity contribution in [2.45, 2.75) is 65.2 Å². The Bertz CT molecular complexity index is 453. The first-order valence-corrected chi connectivity index (χ1v) is 8.17. The molecule has 4 nitrogen and oxygen atoms in total. The molecule has 2 fully saturated rings. The topological polar surface area (TPSA) is 50.4 Å². The molecule has 7 heteroatoms. The predicted octanol–water partition coefficient (Wildman–Crippen LogP) is 3.47. The van der Waals surface area contributed by atoms with Crippen LogP contribution in [0.5, 0.6) is 0 Å². The number of carbonyl (C=O) groups is 1. The van der Waals surface area contributed by atoms with Crippen LogP contribution in [0.25, 0.3) is 0 Å². The van der Waals surface area contributed by atoms with Crippen LogP contribution in [0, 0.1) is 16.7 Å². The van der Waals surface area contributed by atoms with Crippen LogP contribution in [0.1, 0.15) is 47.0 Å². The minimum Gasteiger partial charge on any atom is -0.370 e. The highest BCUT2D eigenvalue weighted by Gasteiger charge is 2.61. The third-order valence-corrected chi connectivity index (χ3v) is 6.11. The van der Waals surface area contributed by atoms with Gasteiger partial charge in [0.05, 0.1) is 12.6 Å². The lowest BCUT2D eigenvalue weighted by molar-refractivity contribution is -0.174. The first-order chi connectivity index (χ1) is 10.5. The maximum atomic E-state index is 12.1. The quantitative estimate of drug-likeness (QED) is 0.808. The zero-order valence-corrected chi connectivity index (χ0v) is 14.2. The van der Waals surface area contributed by atoms with Gasteiger partial charge in [0.25, 0.3) is 0 Å². The van der Waals surface area contributed by atoms with E-state index in [0.29, 0.717) is 5.92 Å². The van der Waals surface area contributed by atoms with Gasteiger partial charge in [-0.25, -0.2) is 4.79 Å². The number of alkyl halides is 3. The number of fused-ring (bicyclic) bond motifs is 2. The van der Waals surface area contributed by atoms with Crippen molar-refractivity contribution in [3.8, 4) is 0 Å². The van der Waals surface area contributed by atoms with Gasteiger partial charge in [0.2, 0.25) is 0 Å². The SMILES string of the molecule is CC(COCC(F)(F)F)NC(=O)NC1CC2CCC1(C)C2(C)C. The third-order valence-electron chi connectivity index (χ3n) is 6.11. The molecule has 0 spiro atoms. The standard InChI is InChI=1S/C16H27F3N2O2/c1-10(8-23-9-16(17,18)19)20-13(22)21-12-7-11-5-6-15(12,4)14(11,2)3/h10-12H,5-9H2,1-4H3,(H2,20,21,22). The zero-order valence-electron chi connectivity index (χ0n) is 14.2. The maximum absolute atomic E-state index is 12.1. The number of ether oxygens (including phenoxy) is 1. The molecule has 0 aromatic rings. The van der Waals surface area contributed by atoms with E-state index in [4.69, 9.17) is 0 Å². The number of hydrogen-bond donors (Lipinski definition) is 2. The molecule has 4 unspecified atom stereocenters. The Balaban J connectivity index is 1.78. The molecular formula is C16H27F3N2O2. The Morgan fingerprint density at radius 3 is 2.48 bits per heavy atom. The zero-order chi connectivity index (χ0) is 17.5. The molecule has 23 heavy (non-hydrogen) atoms. The summed E-state index contributed by atoms with van der Waals surface area (Å²) in [6.45, 7) is 6.92. The summed E-state index contributed by atoms with van der Waals surface area (Å²) in [5.74, 6) is 0.616.